The molecular formula is C13H18N4O3S. The van der Waals surface area contributed by atoms with Gasteiger partial charge >= 0.3 is 6.03 Å². The lowest BCUT2D eigenvalue weighted by atomic mass is 10.2. The highest BCUT2D eigenvalue weighted by molar-refractivity contribution is 7.89. The first kappa shape index (κ1) is 16.9. The van der Waals surface area contributed by atoms with Crippen molar-refractivity contribution in [2.75, 3.05) is 27.2 Å². The monoisotopic (exact) mass is 310 g/mol. The molecular weight excluding hydrogens is 292 g/mol. The Morgan fingerprint density at radius 2 is 2.00 bits per heavy atom. The minimum absolute atomic E-state index is 0.0847. The molecule has 8 heteroatoms. The number of aryl methyl sites for hydroxylation is 1. The lowest BCUT2D eigenvalue weighted by molar-refractivity contribution is 0.217. The number of nitrogens with zero attached hydrogens (tertiary/aromatic N) is 2. The minimum Gasteiger partial charge on any atom is -0.337 e. The van der Waals surface area contributed by atoms with Crippen LogP contribution in [0.15, 0.2) is 23.1 Å². The average Bonchev–Trinajstić information content (AvgIpc) is 2.42. The average molecular weight is 310 g/mol. The van der Waals surface area contributed by atoms with E-state index in [1.54, 1.807) is 21.0 Å². The summed E-state index contributed by atoms with van der Waals surface area (Å²) in [4.78, 5) is 12.8. The largest absolute Gasteiger partial charge is 0.337 e. The van der Waals surface area contributed by atoms with Crippen LogP contribution in [0.3, 0.4) is 0 Å². The molecule has 0 atom stereocenters. The van der Waals surface area contributed by atoms with Gasteiger partial charge in [-0.2, -0.15) is 5.26 Å². The van der Waals surface area contributed by atoms with Crippen LogP contribution in [-0.4, -0.2) is 46.5 Å². The highest BCUT2D eigenvalue weighted by Gasteiger charge is 2.16. The SMILES string of the molecule is Cc1cc(C#N)ccc1S(=O)(=O)NCCNC(=O)N(C)C. The fraction of sp³-hybridized carbons (Fsp3) is 0.385. The second-order valence-corrected chi connectivity index (χ2v) is 6.35. The standard InChI is InChI=1S/C13H18N4O3S/c1-10-8-11(9-14)4-5-12(10)21(19,20)16-7-6-15-13(18)17(2)3/h4-5,8,16H,6-7H2,1-3H3,(H,15,18). The molecule has 0 aliphatic rings. The third kappa shape index (κ3) is 4.73. The Labute approximate surface area is 124 Å². The zero-order valence-corrected chi connectivity index (χ0v) is 13.0. The Balaban J connectivity index is 2.66. The zero-order chi connectivity index (χ0) is 16.0. The first-order valence-corrected chi connectivity index (χ1v) is 7.72. The Kier molecular flexibility index (Phi) is 5.69. The van der Waals surface area contributed by atoms with E-state index in [1.807, 2.05) is 6.07 Å². The van der Waals surface area contributed by atoms with Gasteiger partial charge in [0.05, 0.1) is 16.5 Å². The second kappa shape index (κ2) is 7.06. The first-order chi connectivity index (χ1) is 9.77. The molecule has 1 aromatic rings. The molecule has 0 fully saturated rings. The molecule has 2 N–H and O–H groups in total. The van der Waals surface area contributed by atoms with Crippen LogP contribution < -0.4 is 10.0 Å². The second-order valence-electron chi connectivity index (χ2n) is 4.62. The molecule has 2 amide bonds. The number of hydrogen-bond acceptors (Lipinski definition) is 4. The van der Waals surface area contributed by atoms with Crippen molar-refractivity contribution in [2.45, 2.75) is 11.8 Å². The van der Waals surface area contributed by atoms with Gasteiger partial charge in [0.2, 0.25) is 10.0 Å². The summed E-state index contributed by atoms with van der Waals surface area (Å²) in [6.07, 6.45) is 0. The van der Waals surface area contributed by atoms with Crippen LogP contribution in [0.4, 0.5) is 4.79 Å². The van der Waals surface area contributed by atoms with E-state index in [1.165, 1.54) is 23.1 Å². The zero-order valence-electron chi connectivity index (χ0n) is 12.2. The summed E-state index contributed by atoms with van der Waals surface area (Å²) in [5, 5.41) is 11.3. The fourth-order valence-corrected chi connectivity index (χ4v) is 2.87. The Morgan fingerprint density at radius 1 is 1.33 bits per heavy atom. The van der Waals surface area contributed by atoms with Crippen molar-refractivity contribution in [3.05, 3.63) is 29.3 Å². The van der Waals surface area contributed by atoms with Crippen molar-refractivity contribution in [2.24, 2.45) is 0 Å². The van der Waals surface area contributed by atoms with Gasteiger partial charge in [-0.15, -0.1) is 0 Å². The van der Waals surface area contributed by atoms with Gasteiger partial charge in [0, 0.05) is 27.2 Å². The molecule has 21 heavy (non-hydrogen) atoms. The molecule has 0 bridgehead atoms. The summed E-state index contributed by atoms with van der Waals surface area (Å²) in [6, 6.07) is 6.03. The van der Waals surface area contributed by atoms with Crippen LogP contribution in [-0.2, 0) is 10.0 Å². The summed E-state index contributed by atoms with van der Waals surface area (Å²) in [5.41, 5.74) is 0.906. The highest BCUT2D eigenvalue weighted by Crippen LogP contribution is 2.15. The van der Waals surface area contributed by atoms with E-state index < -0.39 is 10.0 Å². The molecule has 0 aliphatic heterocycles. The maximum atomic E-state index is 12.1. The van der Waals surface area contributed by atoms with Crippen LogP contribution in [0.1, 0.15) is 11.1 Å². The highest BCUT2D eigenvalue weighted by atomic mass is 32.2. The Hall–Kier alpha value is -2.11. The number of nitrogens with one attached hydrogen (secondary N) is 2. The van der Waals surface area contributed by atoms with E-state index in [2.05, 4.69) is 10.0 Å². The fourth-order valence-electron chi connectivity index (χ4n) is 1.61. The van der Waals surface area contributed by atoms with E-state index >= 15 is 0 Å². The molecule has 0 aliphatic carbocycles. The molecule has 1 rings (SSSR count). The van der Waals surface area contributed by atoms with E-state index in [9.17, 15) is 13.2 Å². The van der Waals surface area contributed by atoms with Gasteiger partial charge in [0.25, 0.3) is 0 Å². The number of carbonyl (C=O) groups is 1. The summed E-state index contributed by atoms with van der Waals surface area (Å²) in [5.74, 6) is 0. The molecule has 0 spiro atoms. The molecule has 0 heterocycles. The van der Waals surface area contributed by atoms with Crippen LogP contribution in [0.5, 0.6) is 0 Å². The summed E-state index contributed by atoms with van der Waals surface area (Å²) in [7, 11) is -0.465. The maximum Gasteiger partial charge on any atom is 0.316 e. The number of rotatable bonds is 5. The van der Waals surface area contributed by atoms with Gasteiger partial charge in [0.1, 0.15) is 0 Å². The maximum absolute atomic E-state index is 12.1. The number of urea groups is 1. The molecule has 0 unspecified atom stereocenters. The summed E-state index contributed by atoms with van der Waals surface area (Å²) in [6.45, 7) is 1.90. The number of amides is 2. The molecule has 0 saturated carbocycles. The van der Waals surface area contributed by atoms with Crippen LogP contribution in [0.2, 0.25) is 0 Å². The van der Waals surface area contributed by atoms with Gasteiger partial charge in [-0.3, -0.25) is 0 Å². The predicted octanol–water partition coefficient (Wildman–Crippen LogP) is 0.416. The molecule has 0 radical (unpaired) electrons. The molecule has 114 valence electrons. The van der Waals surface area contributed by atoms with Crippen LogP contribution >= 0.6 is 0 Å². The van der Waals surface area contributed by atoms with Crippen molar-refractivity contribution in [3.8, 4) is 6.07 Å². The van der Waals surface area contributed by atoms with Crippen LogP contribution in [0.25, 0.3) is 0 Å². The number of nitriles is 1. The van der Waals surface area contributed by atoms with E-state index in [4.69, 9.17) is 5.26 Å². The number of hydrogen-bond donors (Lipinski definition) is 2. The van der Waals surface area contributed by atoms with E-state index in [0.29, 0.717) is 11.1 Å². The Bertz CT molecular complexity index is 662. The lowest BCUT2D eigenvalue weighted by Gasteiger charge is -2.13. The van der Waals surface area contributed by atoms with Crippen molar-refractivity contribution < 1.29 is 13.2 Å². The minimum atomic E-state index is -3.66. The Morgan fingerprint density at radius 3 is 2.52 bits per heavy atom. The van der Waals surface area contributed by atoms with Gasteiger partial charge in [-0.05, 0) is 30.7 Å². The lowest BCUT2D eigenvalue weighted by Crippen LogP contribution is -2.39. The van der Waals surface area contributed by atoms with Crippen molar-refractivity contribution in [1.82, 2.24) is 14.9 Å². The molecule has 1 aromatic carbocycles. The van der Waals surface area contributed by atoms with Crippen LogP contribution in [0, 0.1) is 18.3 Å². The first-order valence-electron chi connectivity index (χ1n) is 6.23. The smallest absolute Gasteiger partial charge is 0.316 e. The van der Waals surface area contributed by atoms with Gasteiger partial charge in [0.15, 0.2) is 0 Å². The number of carbonyl (C=O) groups excluding carboxylic acids is 1. The quantitative estimate of drug-likeness (QED) is 0.769. The summed E-state index contributed by atoms with van der Waals surface area (Å²) < 4.78 is 26.6. The van der Waals surface area contributed by atoms with Gasteiger partial charge in [-0.1, -0.05) is 0 Å². The van der Waals surface area contributed by atoms with Crippen molar-refractivity contribution in [1.29, 1.82) is 5.26 Å². The van der Waals surface area contributed by atoms with Gasteiger partial charge in [-0.25, -0.2) is 17.9 Å². The van der Waals surface area contributed by atoms with Crippen molar-refractivity contribution >= 4 is 16.1 Å². The van der Waals surface area contributed by atoms with E-state index in [-0.39, 0.29) is 24.0 Å². The van der Waals surface area contributed by atoms with E-state index in [0.717, 1.165) is 0 Å². The number of benzene rings is 1. The topological polar surface area (TPSA) is 102 Å². The summed E-state index contributed by atoms with van der Waals surface area (Å²) >= 11 is 0. The third-order valence-electron chi connectivity index (χ3n) is 2.69. The third-order valence-corrected chi connectivity index (χ3v) is 4.31. The molecule has 7 nitrogen and oxygen atoms in total. The number of sulfonamides is 1. The molecule has 0 saturated heterocycles. The van der Waals surface area contributed by atoms with Gasteiger partial charge < -0.3 is 10.2 Å². The normalized spacial score (nSPS) is 10.8. The predicted molar refractivity (Wildman–Crippen MR) is 78.2 cm³/mol. The van der Waals surface area contributed by atoms with Crippen molar-refractivity contribution in [3.63, 3.8) is 0 Å². The molecule has 0 aromatic heterocycles.